The molecule has 1 heterocycles. The number of anilines is 2. The Hall–Kier alpha value is -3.01. The van der Waals surface area contributed by atoms with E-state index in [0.717, 1.165) is 11.8 Å². The molecule has 0 aliphatic rings. The molecule has 9 nitrogen and oxygen atoms in total. The highest BCUT2D eigenvalue weighted by molar-refractivity contribution is 8.00. The van der Waals surface area contributed by atoms with Gasteiger partial charge in [0, 0.05) is 17.8 Å². The third-order valence-electron chi connectivity index (χ3n) is 3.08. The lowest BCUT2D eigenvalue weighted by Gasteiger charge is -2.09. The zero-order valence-electron chi connectivity index (χ0n) is 14.1. The van der Waals surface area contributed by atoms with E-state index in [1.54, 1.807) is 13.0 Å². The molecule has 1 aromatic heterocycles. The van der Waals surface area contributed by atoms with Crippen molar-refractivity contribution in [1.82, 2.24) is 5.16 Å². The predicted molar refractivity (Wildman–Crippen MR) is 95.8 cm³/mol. The van der Waals surface area contributed by atoms with Gasteiger partial charge >= 0.3 is 5.97 Å². The second kappa shape index (κ2) is 8.90. The first-order valence-electron chi connectivity index (χ1n) is 7.41. The minimum absolute atomic E-state index is 0.000335. The van der Waals surface area contributed by atoms with Crippen LogP contribution in [0.25, 0.3) is 0 Å². The number of methoxy groups -OCH3 is 1. The molecule has 2 amide bonds. The molecule has 0 atom stereocenters. The molecule has 2 aromatic rings. The maximum atomic E-state index is 11.9. The van der Waals surface area contributed by atoms with Gasteiger partial charge in [-0.2, -0.15) is 0 Å². The van der Waals surface area contributed by atoms with Gasteiger partial charge < -0.3 is 25.0 Å². The van der Waals surface area contributed by atoms with Gasteiger partial charge in [-0.05, 0) is 19.1 Å². The number of aromatic nitrogens is 1. The standard InChI is InChI=1S/C16H17N3O6S/c1-9-5-13(19-25-9)18-15(21)8-26-7-14(20)17-10-3-4-11(16(22)23)12(6-10)24-2/h3-6H,7-8H2,1-2H3,(H,17,20)(H,22,23)(H,18,19,21). The third kappa shape index (κ3) is 5.52. The van der Waals surface area contributed by atoms with E-state index >= 15 is 0 Å². The topological polar surface area (TPSA) is 131 Å². The van der Waals surface area contributed by atoms with Crippen molar-refractivity contribution in [2.45, 2.75) is 6.92 Å². The first kappa shape index (κ1) is 19.3. The second-order valence-corrected chi connectivity index (χ2v) is 6.12. The summed E-state index contributed by atoms with van der Waals surface area (Å²) in [4.78, 5) is 34.7. The van der Waals surface area contributed by atoms with Crippen molar-refractivity contribution in [2.24, 2.45) is 0 Å². The molecule has 0 radical (unpaired) electrons. The summed E-state index contributed by atoms with van der Waals surface area (Å²) >= 11 is 1.12. The maximum absolute atomic E-state index is 11.9. The Balaban J connectivity index is 1.79. The molecule has 0 saturated carbocycles. The molecule has 3 N–H and O–H groups in total. The molecule has 0 aliphatic heterocycles. The fourth-order valence-corrected chi connectivity index (χ4v) is 2.60. The summed E-state index contributed by atoms with van der Waals surface area (Å²) in [7, 11) is 1.35. The molecule has 0 fully saturated rings. The lowest BCUT2D eigenvalue weighted by atomic mass is 10.2. The monoisotopic (exact) mass is 379 g/mol. The maximum Gasteiger partial charge on any atom is 0.339 e. The van der Waals surface area contributed by atoms with Gasteiger partial charge in [-0.3, -0.25) is 9.59 Å². The number of amides is 2. The number of nitrogens with one attached hydrogen (secondary N) is 2. The SMILES string of the molecule is COc1cc(NC(=O)CSCC(=O)Nc2cc(C)on2)ccc1C(=O)O. The lowest BCUT2D eigenvalue weighted by molar-refractivity contribution is -0.114. The summed E-state index contributed by atoms with van der Waals surface area (Å²) in [6, 6.07) is 5.82. The van der Waals surface area contributed by atoms with Crippen molar-refractivity contribution in [3.63, 3.8) is 0 Å². The van der Waals surface area contributed by atoms with Crippen LogP contribution in [-0.2, 0) is 9.59 Å². The van der Waals surface area contributed by atoms with Crippen LogP contribution >= 0.6 is 11.8 Å². The molecule has 0 aliphatic carbocycles. The van der Waals surface area contributed by atoms with E-state index in [0.29, 0.717) is 17.3 Å². The van der Waals surface area contributed by atoms with Crippen molar-refractivity contribution in [3.8, 4) is 5.75 Å². The highest BCUT2D eigenvalue weighted by atomic mass is 32.2. The predicted octanol–water partition coefficient (Wildman–Crippen LogP) is 2.00. The van der Waals surface area contributed by atoms with Crippen molar-refractivity contribution in [1.29, 1.82) is 0 Å². The normalized spacial score (nSPS) is 10.2. The number of aromatic carboxylic acids is 1. The molecule has 0 spiro atoms. The average Bonchev–Trinajstić information content (AvgIpc) is 2.99. The number of thioether (sulfide) groups is 1. The van der Waals surface area contributed by atoms with E-state index in [4.69, 9.17) is 14.4 Å². The second-order valence-electron chi connectivity index (χ2n) is 5.13. The van der Waals surface area contributed by atoms with Crippen LogP contribution in [-0.4, -0.2) is 46.7 Å². The molecule has 10 heteroatoms. The van der Waals surface area contributed by atoms with Crippen LogP contribution in [0.2, 0.25) is 0 Å². The van der Waals surface area contributed by atoms with Gasteiger partial charge in [-0.1, -0.05) is 5.16 Å². The molecule has 138 valence electrons. The lowest BCUT2D eigenvalue weighted by Crippen LogP contribution is -2.18. The van der Waals surface area contributed by atoms with Gasteiger partial charge in [0.25, 0.3) is 0 Å². The van der Waals surface area contributed by atoms with E-state index in [1.165, 1.54) is 25.3 Å². The molecule has 0 saturated heterocycles. The van der Waals surface area contributed by atoms with Crippen molar-refractivity contribution < 1.29 is 28.8 Å². The van der Waals surface area contributed by atoms with Crippen LogP contribution in [0.4, 0.5) is 11.5 Å². The number of nitrogens with zero attached hydrogens (tertiary/aromatic N) is 1. The number of ether oxygens (including phenoxy) is 1. The molecule has 0 unspecified atom stereocenters. The van der Waals surface area contributed by atoms with Crippen LogP contribution in [0.15, 0.2) is 28.8 Å². The molecule has 1 aromatic carbocycles. The number of aryl methyl sites for hydroxylation is 1. The summed E-state index contributed by atoms with van der Waals surface area (Å²) in [6.07, 6.45) is 0. The molecular formula is C16H17N3O6S. The average molecular weight is 379 g/mol. The Morgan fingerprint density at radius 1 is 1.19 bits per heavy atom. The Kier molecular flexibility index (Phi) is 6.61. The van der Waals surface area contributed by atoms with Crippen LogP contribution in [0.3, 0.4) is 0 Å². The van der Waals surface area contributed by atoms with E-state index in [2.05, 4.69) is 15.8 Å². The first-order chi connectivity index (χ1) is 12.4. The van der Waals surface area contributed by atoms with Crippen LogP contribution < -0.4 is 15.4 Å². The number of hydrogen-bond donors (Lipinski definition) is 3. The van der Waals surface area contributed by atoms with Crippen LogP contribution in [0, 0.1) is 6.92 Å². The number of benzene rings is 1. The zero-order valence-corrected chi connectivity index (χ0v) is 14.9. The number of carboxylic acid groups (broad SMARTS) is 1. The Bertz CT molecular complexity index is 820. The third-order valence-corrected chi connectivity index (χ3v) is 4.01. The Morgan fingerprint density at radius 3 is 2.46 bits per heavy atom. The summed E-state index contributed by atoms with van der Waals surface area (Å²) < 4.78 is 9.83. The highest BCUT2D eigenvalue weighted by Gasteiger charge is 2.13. The van der Waals surface area contributed by atoms with Crippen molar-refractivity contribution >= 4 is 41.1 Å². The van der Waals surface area contributed by atoms with Crippen LogP contribution in [0.1, 0.15) is 16.1 Å². The number of carboxylic acids is 1. The number of hydrogen-bond acceptors (Lipinski definition) is 7. The Labute approximate surface area is 153 Å². The van der Waals surface area contributed by atoms with E-state index in [-0.39, 0.29) is 34.6 Å². The minimum Gasteiger partial charge on any atom is -0.496 e. The Morgan fingerprint density at radius 2 is 1.88 bits per heavy atom. The van der Waals surface area contributed by atoms with Gasteiger partial charge in [-0.25, -0.2) is 4.79 Å². The van der Waals surface area contributed by atoms with Gasteiger partial charge in [0.05, 0.1) is 18.6 Å². The number of rotatable bonds is 8. The van der Waals surface area contributed by atoms with Gasteiger partial charge in [-0.15, -0.1) is 11.8 Å². The summed E-state index contributed by atoms with van der Waals surface area (Å²) in [5.41, 5.74) is 0.402. The van der Waals surface area contributed by atoms with E-state index < -0.39 is 5.97 Å². The zero-order chi connectivity index (χ0) is 19.1. The summed E-state index contributed by atoms with van der Waals surface area (Å²) in [6.45, 7) is 1.71. The van der Waals surface area contributed by atoms with E-state index in [1.807, 2.05) is 0 Å². The van der Waals surface area contributed by atoms with Gasteiger partial charge in [0.2, 0.25) is 11.8 Å². The molecule has 2 rings (SSSR count). The van der Waals surface area contributed by atoms with E-state index in [9.17, 15) is 14.4 Å². The molecular weight excluding hydrogens is 362 g/mol. The van der Waals surface area contributed by atoms with Crippen LogP contribution in [0.5, 0.6) is 5.75 Å². The van der Waals surface area contributed by atoms with Crippen molar-refractivity contribution in [2.75, 3.05) is 29.2 Å². The largest absolute Gasteiger partial charge is 0.496 e. The quantitative estimate of drug-likeness (QED) is 0.635. The number of carbonyl (C=O) groups is 3. The van der Waals surface area contributed by atoms with Gasteiger partial charge in [0.1, 0.15) is 17.1 Å². The molecule has 26 heavy (non-hydrogen) atoms. The minimum atomic E-state index is -1.12. The molecule has 0 bridgehead atoms. The smallest absolute Gasteiger partial charge is 0.339 e. The first-order valence-corrected chi connectivity index (χ1v) is 8.56. The summed E-state index contributed by atoms with van der Waals surface area (Å²) in [5, 5.41) is 17.8. The highest BCUT2D eigenvalue weighted by Crippen LogP contribution is 2.23. The summed E-state index contributed by atoms with van der Waals surface area (Å²) in [5.74, 6) is -0.586. The van der Waals surface area contributed by atoms with Crippen molar-refractivity contribution in [3.05, 3.63) is 35.6 Å². The fraction of sp³-hybridized carbons (Fsp3) is 0.250. The fourth-order valence-electron chi connectivity index (χ4n) is 1.98. The number of carbonyl (C=O) groups excluding carboxylic acids is 2. The van der Waals surface area contributed by atoms with Gasteiger partial charge in [0.15, 0.2) is 5.82 Å².